The van der Waals surface area contributed by atoms with Gasteiger partial charge in [-0.3, -0.25) is 4.99 Å². The predicted octanol–water partition coefficient (Wildman–Crippen LogP) is 2.91. The SMILES string of the molecule is CCCCCNC(=NC)NCc1sccc1C. The van der Waals surface area contributed by atoms with E-state index in [2.05, 4.69) is 40.9 Å². The zero-order valence-electron chi connectivity index (χ0n) is 11.0. The van der Waals surface area contributed by atoms with Gasteiger partial charge in [0.05, 0.1) is 6.54 Å². The first-order chi connectivity index (χ1) is 8.27. The summed E-state index contributed by atoms with van der Waals surface area (Å²) in [7, 11) is 1.82. The molecule has 1 rings (SSSR count). The van der Waals surface area contributed by atoms with Gasteiger partial charge in [0, 0.05) is 18.5 Å². The Morgan fingerprint density at radius 1 is 1.35 bits per heavy atom. The molecule has 0 unspecified atom stereocenters. The van der Waals surface area contributed by atoms with Crippen LogP contribution in [0.2, 0.25) is 0 Å². The molecule has 0 aromatic carbocycles. The van der Waals surface area contributed by atoms with Crippen LogP contribution in [0.3, 0.4) is 0 Å². The number of thiophene rings is 1. The minimum absolute atomic E-state index is 0.858. The molecule has 3 nitrogen and oxygen atoms in total. The Morgan fingerprint density at radius 2 is 2.18 bits per heavy atom. The Kier molecular flexibility index (Phi) is 6.70. The van der Waals surface area contributed by atoms with E-state index >= 15 is 0 Å². The molecule has 17 heavy (non-hydrogen) atoms. The highest BCUT2D eigenvalue weighted by molar-refractivity contribution is 7.10. The third kappa shape index (κ3) is 5.22. The molecule has 0 spiro atoms. The number of rotatable bonds is 6. The molecule has 0 aliphatic carbocycles. The Labute approximate surface area is 108 Å². The van der Waals surface area contributed by atoms with Crippen LogP contribution in [0.1, 0.15) is 36.6 Å². The molecule has 2 N–H and O–H groups in total. The standard InChI is InChI=1S/C13H23N3S/c1-4-5-6-8-15-13(14-3)16-10-12-11(2)7-9-17-12/h7,9H,4-6,8,10H2,1-3H3,(H2,14,15,16). The molecular weight excluding hydrogens is 230 g/mol. The van der Waals surface area contributed by atoms with Crippen LogP contribution in [-0.2, 0) is 6.54 Å². The van der Waals surface area contributed by atoms with Gasteiger partial charge in [0.25, 0.3) is 0 Å². The van der Waals surface area contributed by atoms with E-state index in [-0.39, 0.29) is 0 Å². The zero-order valence-corrected chi connectivity index (χ0v) is 11.9. The highest BCUT2D eigenvalue weighted by Crippen LogP contribution is 2.14. The summed E-state index contributed by atoms with van der Waals surface area (Å²) in [4.78, 5) is 5.59. The molecule has 0 atom stereocenters. The minimum atomic E-state index is 0.858. The highest BCUT2D eigenvalue weighted by Gasteiger charge is 2.01. The van der Waals surface area contributed by atoms with Crippen LogP contribution in [0, 0.1) is 6.92 Å². The minimum Gasteiger partial charge on any atom is -0.356 e. The Balaban J connectivity index is 2.26. The van der Waals surface area contributed by atoms with E-state index in [4.69, 9.17) is 0 Å². The summed E-state index contributed by atoms with van der Waals surface area (Å²) in [5.74, 6) is 0.897. The maximum absolute atomic E-state index is 4.21. The molecule has 0 fully saturated rings. The zero-order chi connectivity index (χ0) is 12.5. The Bertz CT molecular complexity index is 344. The number of nitrogens with one attached hydrogen (secondary N) is 2. The van der Waals surface area contributed by atoms with E-state index in [0.717, 1.165) is 19.0 Å². The predicted molar refractivity (Wildman–Crippen MR) is 76.8 cm³/mol. The van der Waals surface area contributed by atoms with E-state index < -0.39 is 0 Å². The Morgan fingerprint density at radius 3 is 2.76 bits per heavy atom. The van der Waals surface area contributed by atoms with Crippen molar-refractivity contribution in [3.63, 3.8) is 0 Å². The number of aryl methyl sites for hydroxylation is 1. The fraction of sp³-hybridized carbons (Fsp3) is 0.615. The van der Waals surface area contributed by atoms with Gasteiger partial charge in [-0.1, -0.05) is 19.8 Å². The van der Waals surface area contributed by atoms with Crippen molar-refractivity contribution in [1.29, 1.82) is 0 Å². The van der Waals surface area contributed by atoms with E-state index in [9.17, 15) is 0 Å². The second-order valence-corrected chi connectivity index (χ2v) is 5.09. The lowest BCUT2D eigenvalue weighted by Gasteiger charge is -2.11. The summed E-state index contributed by atoms with van der Waals surface area (Å²) in [5.41, 5.74) is 1.35. The third-order valence-electron chi connectivity index (χ3n) is 2.68. The van der Waals surface area contributed by atoms with Gasteiger partial charge in [0.15, 0.2) is 5.96 Å². The fourth-order valence-corrected chi connectivity index (χ4v) is 2.40. The first-order valence-corrected chi connectivity index (χ1v) is 7.13. The second-order valence-electron chi connectivity index (χ2n) is 4.09. The normalized spacial score (nSPS) is 11.6. The number of guanidine groups is 1. The van der Waals surface area contributed by atoms with Gasteiger partial charge in [0.2, 0.25) is 0 Å². The third-order valence-corrected chi connectivity index (χ3v) is 3.70. The van der Waals surface area contributed by atoms with Gasteiger partial charge in [-0.2, -0.15) is 0 Å². The van der Waals surface area contributed by atoms with Gasteiger partial charge in [-0.05, 0) is 30.4 Å². The van der Waals surface area contributed by atoms with Crippen LogP contribution in [0.15, 0.2) is 16.4 Å². The van der Waals surface area contributed by atoms with E-state index in [1.807, 2.05) is 7.05 Å². The highest BCUT2D eigenvalue weighted by atomic mass is 32.1. The summed E-state index contributed by atoms with van der Waals surface area (Å²) in [6, 6.07) is 2.15. The molecule has 1 aromatic heterocycles. The maximum Gasteiger partial charge on any atom is 0.191 e. The first-order valence-electron chi connectivity index (χ1n) is 6.25. The molecule has 1 heterocycles. The van der Waals surface area contributed by atoms with Crippen molar-refractivity contribution in [1.82, 2.24) is 10.6 Å². The summed E-state index contributed by atoms with van der Waals surface area (Å²) in [5, 5.41) is 8.80. The van der Waals surface area contributed by atoms with Crippen molar-refractivity contribution in [2.75, 3.05) is 13.6 Å². The van der Waals surface area contributed by atoms with E-state index in [1.54, 1.807) is 11.3 Å². The van der Waals surface area contributed by atoms with Gasteiger partial charge in [0.1, 0.15) is 0 Å². The van der Waals surface area contributed by atoms with Crippen molar-refractivity contribution in [2.24, 2.45) is 4.99 Å². The van der Waals surface area contributed by atoms with Gasteiger partial charge < -0.3 is 10.6 Å². The van der Waals surface area contributed by atoms with Crippen molar-refractivity contribution >= 4 is 17.3 Å². The van der Waals surface area contributed by atoms with Gasteiger partial charge in [-0.15, -0.1) is 11.3 Å². The number of hydrogen-bond donors (Lipinski definition) is 2. The fourth-order valence-electron chi connectivity index (χ4n) is 1.55. The number of nitrogens with zero attached hydrogens (tertiary/aromatic N) is 1. The summed E-state index contributed by atoms with van der Waals surface area (Å²) in [6.45, 7) is 6.21. The maximum atomic E-state index is 4.21. The van der Waals surface area contributed by atoms with Crippen LogP contribution >= 0.6 is 11.3 Å². The molecule has 0 amide bonds. The molecule has 96 valence electrons. The smallest absolute Gasteiger partial charge is 0.191 e. The number of aliphatic imine (C=N–C) groups is 1. The van der Waals surface area contributed by atoms with E-state index in [0.29, 0.717) is 0 Å². The summed E-state index contributed by atoms with van der Waals surface area (Å²) >= 11 is 1.79. The van der Waals surface area contributed by atoms with Crippen LogP contribution in [0.25, 0.3) is 0 Å². The monoisotopic (exact) mass is 253 g/mol. The van der Waals surface area contributed by atoms with Crippen LogP contribution in [0.4, 0.5) is 0 Å². The molecule has 4 heteroatoms. The molecule has 0 aliphatic heterocycles. The number of unbranched alkanes of at least 4 members (excludes halogenated alkanes) is 2. The molecule has 0 aliphatic rings. The van der Waals surface area contributed by atoms with Crippen molar-refractivity contribution in [2.45, 2.75) is 39.7 Å². The van der Waals surface area contributed by atoms with Crippen molar-refractivity contribution in [3.05, 3.63) is 21.9 Å². The molecule has 0 bridgehead atoms. The van der Waals surface area contributed by atoms with Crippen LogP contribution in [-0.4, -0.2) is 19.6 Å². The quantitative estimate of drug-likeness (QED) is 0.464. The largest absolute Gasteiger partial charge is 0.356 e. The molecule has 0 saturated carbocycles. The van der Waals surface area contributed by atoms with Crippen LogP contribution < -0.4 is 10.6 Å². The van der Waals surface area contributed by atoms with Gasteiger partial charge in [-0.25, -0.2) is 0 Å². The molecule has 0 saturated heterocycles. The lowest BCUT2D eigenvalue weighted by Crippen LogP contribution is -2.37. The lowest BCUT2D eigenvalue weighted by molar-refractivity contribution is 0.683. The first kappa shape index (κ1) is 14.0. The van der Waals surface area contributed by atoms with Gasteiger partial charge >= 0.3 is 0 Å². The molecular formula is C13H23N3S. The second kappa shape index (κ2) is 8.12. The summed E-state index contributed by atoms with van der Waals surface area (Å²) < 4.78 is 0. The topological polar surface area (TPSA) is 36.4 Å². The van der Waals surface area contributed by atoms with E-state index in [1.165, 1.54) is 29.7 Å². The average Bonchev–Trinajstić information content (AvgIpc) is 2.74. The Hall–Kier alpha value is -1.03. The average molecular weight is 253 g/mol. The number of hydrogen-bond acceptors (Lipinski definition) is 2. The van der Waals surface area contributed by atoms with Crippen molar-refractivity contribution < 1.29 is 0 Å². The molecule has 1 aromatic rings. The summed E-state index contributed by atoms with van der Waals surface area (Å²) in [6.07, 6.45) is 3.73. The lowest BCUT2D eigenvalue weighted by atomic mass is 10.2. The van der Waals surface area contributed by atoms with Crippen molar-refractivity contribution in [3.8, 4) is 0 Å². The van der Waals surface area contributed by atoms with Crippen LogP contribution in [0.5, 0.6) is 0 Å². The molecule has 0 radical (unpaired) electrons.